The molecule has 1 aromatic carbocycles. The van der Waals surface area contributed by atoms with Gasteiger partial charge < -0.3 is 24.8 Å². The smallest absolute Gasteiger partial charge is 0.303 e. The standard InChI is InChI=1S/C21H26O7/c22-16-9-5-6-10-19(16)27-12-7-13-28-21-15(17(23)14-18(21)24)8-3-1-2-4-11-20(25)26/h2-3,5-6,9-10,15,18,21-22,24H,4,7-8,11-14H2,(H,25,26). The number of hydrogen-bond acceptors (Lipinski definition) is 6. The summed E-state index contributed by atoms with van der Waals surface area (Å²) in [6.07, 6.45) is 3.31. The Kier molecular flexibility index (Phi) is 8.75. The van der Waals surface area contributed by atoms with Crippen LogP contribution in [-0.4, -0.2) is 52.5 Å². The van der Waals surface area contributed by atoms with E-state index in [0.717, 1.165) is 0 Å². The van der Waals surface area contributed by atoms with Crippen molar-refractivity contribution < 1.29 is 34.4 Å². The minimum absolute atomic E-state index is 0.0382. The van der Waals surface area contributed by atoms with Crippen LogP contribution in [0.1, 0.15) is 32.1 Å². The van der Waals surface area contributed by atoms with Crippen LogP contribution >= 0.6 is 0 Å². The van der Waals surface area contributed by atoms with Crippen LogP contribution in [0, 0.1) is 5.92 Å². The van der Waals surface area contributed by atoms with Crippen LogP contribution < -0.4 is 4.74 Å². The number of aliphatic hydroxyl groups is 1. The van der Waals surface area contributed by atoms with Gasteiger partial charge in [-0.05, 0) is 37.1 Å². The van der Waals surface area contributed by atoms with Gasteiger partial charge in [0.25, 0.3) is 0 Å². The number of allylic oxidation sites excluding steroid dienone is 1. The van der Waals surface area contributed by atoms with E-state index in [2.05, 4.69) is 5.73 Å². The maximum Gasteiger partial charge on any atom is 0.303 e. The van der Waals surface area contributed by atoms with Gasteiger partial charge in [0, 0.05) is 19.3 Å². The first-order valence-corrected chi connectivity index (χ1v) is 9.33. The first-order valence-electron chi connectivity index (χ1n) is 9.33. The number of ether oxygens (including phenoxy) is 2. The molecule has 0 aliphatic heterocycles. The van der Waals surface area contributed by atoms with Gasteiger partial charge in [-0.15, -0.1) is 5.73 Å². The van der Waals surface area contributed by atoms with E-state index in [0.29, 0.717) is 38.2 Å². The summed E-state index contributed by atoms with van der Waals surface area (Å²) in [6.45, 7) is 0.655. The van der Waals surface area contributed by atoms with Crippen LogP contribution in [0.25, 0.3) is 0 Å². The van der Waals surface area contributed by atoms with Crippen LogP contribution in [0.15, 0.2) is 42.1 Å². The number of phenols is 1. The molecule has 3 atom stereocenters. The monoisotopic (exact) mass is 390 g/mol. The molecule has 2 rings (SSSR count). The molecule has 28 heavy (non-hydrogen) atoms. The van der Waals surface area contributed by atoms with Crippen LogP contribution in [0.4, 0.5) is 0 Å². The Morgan fingerprint density at radius 1 is 1.25 bits per heavy atom. The largest absolute Gasteiger partial charge is 0.504 e. The molecule has 1 aliphatic carbocycles. The van der Waals surface area contributed by atoms with Crippen LogP contribution in [0.3, 0.4) is 0 Å². The lowest BCUT2D eigenvalue weighted by Crippen LogP contribution is -2.30. The third-order valence-electron chi connectivity index (χ3n) is 4.43. The first-order chi connectivity index (χ1) is 13.5. The minimum atomic E-state index is -0.868. The molecule has 0 bridgehead atoms. The number of benzene rings is 1. The number of carbonyl (C=O) groups excluding carboxylic acids is 1. The Labute approximate surface area is 163 Å². The van der Waals surface area contributed by atoms with Crippen LogP contribution in [-0.2, 0) is 14.3 Å². The summed E-state index contributed by atoms with van der Waals surface area (Å²) >= 11 is 0. The topological polar surface area (TPSA) is 113 Å². The second-order valence-corrected chi connectivity index (χ2v) is 6.59. The zero-order chi connectivity index (χ0) is 20.4. The van der Waals surface area contributed by atoms with Gasteiger partial charge in [-0.1, -0.05) is 12.1 Å². The maximum absolute atomic E-state index is 12.1. The van der Waals surface area contributed by atoms with Gasteiger partial charge in [0.05, 0.1) is 31.3 Å². The molecular weight excluding hydrogens is 364 g/mol. The van der Waals surface area contributed by atoms with Crippen molar-refractivity contribution in [2.24, 2.45) is 5.92 Å². The Balaban J connectivity index is 1.75. The molecule has 1 fully saturated rings. The van der Waals surface area contributed by atoms with Crippen molar-refractivity contribution in [3.63, 3.8) is 0 Å². The van der Waals surface area contributed by atoms with Gasteiger partial charge >= 0.3 is 5.97 Å². The molecule has 0 saturated heterocycles. The molecule has 1 aromatic rings. The van der Waals surface area contributed by atoms with Crippen molar-refractivity contribution in [2.45, 2.75) is 44.3 Å². The van der Waals surface area contributed by atoms with Gasteiger partial charge in [-0.25, -0.2) is 0 Å². The van der Waals surface area contributed by atoms with E-state index in [1.165, 1.54) is 0 Å². The summed E-state index contributed by atoms with van der Waals surface area (Å²) < 4.78 is 11.2. The number of aromatic hydroxyl groups is 1. The highest BCUT2D eigenvalue weighted by molar-refractivity contribution is 5.85. The van der Waals surface area contributed by atoms with Crippen molar-refractivity contribution in [3.05, 3.63) is 42.1 Å². The van der Waals surface area contributed by atoms with E-state index in [4.69, 9.17) is 14.6 Å². The van der Waals surface area contributed by atoms with Crippen molar-refractivity contribution in [2.75, 3.05) is 13.2 Å². The number of carboxylic acids is 1. The van der Waals surface area contributed by atoms with Gasteiger partial charge in [-0.3, -0.25) is 9.59 Å². The zero-order valence-electron chi connectivity index (χ0n) is 15.6. The third-order valence-corrected chi connectivity index (χ3v) is 4.43. The predicted octanol–water partition coefficient (Wildman–Crippen LogP) is 2.46. The summed E-state index contributed by atoms with van der Waals surface area (Å²) in [5.41, 5.74) is 2.88. The number of carbonyl (C=O) groups is 2. The Bertz CT molecular complexity index is 721. The van der Waals surface area contributed by atoms with E-state index >= 15 is 0 Å². The summed E-state index contributed by atoms with van der Waals surface area (Å²) in [5.74, 6) is -0.882. The number of ketones is 1. The highest BCUT2D eigenvalue weighted by Crippen LogP contribution is 2.29. The molecule has 7 heteroatoms. The van der Waals surface area contributed by atoms with E-state index in [1.54, 1.807) is 36.4 Å². The summed E-state index contributed by atoms with van der Waals surface area (Å²) in [4.78, 5) is 22.5. The van der Waals surface area contributed by atoms with Crippen LogP contribution in [0.2, 0.25) is 0 Å². The number of Topliss-reactive ketones (excluding diaryl/α,β-unsaturated/α-hetero) is 1. The number of phenolic OH excluding ortho intramolecular Hbond substituents is 1. The fourth-order valence-electron chi connectivity index (χ4n) is 3.01. The van der Waals surface area contributed by atoms with E-state index in [9.17, 15) is 19.8 Å². The molecule has 0 aromatic heterocycles. The lowest BCUT2D eigenvalue weighted by Gasteiger charge is -2.20. The first kappa shape index (κ1) is 21.7. The number of hydrogen-bond donors (Lipinski definition) is 3. The fourth-order valence-corrected chi connectivity index (χ4v) is 3.01. The number of carboxylic acid groups (broad SMARTS) is 1. The molecular formula is C21H26O7. The maximum atomic E-state index is 12.1. The van der Waals surface area contributed by atoms with E-state index in [1.807, 2.05) is 0 Å². The molecule has 3 unspecified atom stereocenters. The Morgan fingerprint density at radius 3 is 2.79 bits per heavy atom. The van der Waals surface area contributed by atoms with Gasteiger partial charge in [0.1, 0.15) is 5.78 Å². The number of aliphatic hydroxyl groups excluding tert-OH is 1. The van der Waals surface area contributed by atoms with Gasteiger partial charge in [0.15, 0.2) is 11.5 Å². The Hall–Kier alpha value is -2.60. The summed E-state index contributed by atoms with van der Waals surface area (Å²) in [5, 5.41) is 28.3. The van der Waals surface area contributed by atoms with Crippen molar-refractivity contribution in [3.8, 4) is 11.5 Å². The highest BCUT2D eigenvalue weighted by atomic mass is 16.5. The van der Waals surface area contributed by atoms with Gasteiger partial charge in [0.2, 0.25) is 0 Å². The summed E-state index contributed by atoms with van der Waals surface area (Å²) in [7, 11) is 0. The zero-order valence-corrected chi connectivity index (χ0v) is 15.6. The third kappa shape index (κ3) is 6.85. The number of aliphatic carboxylic acids is 1. The second-order valence-electron chi connectivity index (χ2n) is 6.59. The number of rotatable bonds is 11. The average Bonchev–Trinajstić information content (AvgIpc) is 2.92. The quantitative estimate of drug-likeness (QED) is 0.393. The second kappa shape index (κ2) is 11.3. The molecule has 1 saturated carbocycles. The van der Waals surface area contributed by atoms with Gasteiger partial charge in [-0.2, -0.15) is 0 Å². The lowest BCUT2D eigenvalue weighted by molar-refractivity contribution is -0.136. The molecule has 0 spiro atoms. The fraction of sp³-hybridized carbons (Fsp3) is 0.476. The SMILES string of the molecule is O=C(O)CCC=C=CCC1C(=O)CC(O)C1OCCCOc1ccccc1O. The molecule has 152 valence electrons. The van der Waals surface area contributed by atoms with Crippen LogP contribution in [0.5, 0.6) is 11.5 Å². The van der Waals surface area contributed by atoms with Crippen molar-refractivity contribution >= 4 is 11.8 Å². The number of para-hydroxylation sites is 2. The average molecular weight is 390 g/mol. The minimum Gasteiger partial charge on any atom is -0.504 e. The molecule has 0 heterocycles. The van der Waals surface area contributed by atoms with Crippen molar-refractivity contribution in [1.29, 1.82) is 0 Å². The van der Waals surface area contributed by atoms with Crippen molar-refractivity contribution in [1.82, 2.24) is 0 Å². The lowest BCUT2D eigenvalue weighted by atomic mass is 10.00. The normalized spacial score (nSPS) is 21.2. The molecule has 1 aliphatic rings. The Morgan fingerprint density at radius 2 is 2.04 bits per heavy atom. The van der Waals surface area contributed by atoms with E-state index < -0.39 is 24.1 Å². The molecule has 7 nitrogen and oxygen atoms in total. The summed E-state index contributed by atoms with van der Waals surface area (Å²) in [6, 6.07) is 6.68. The predicted molar refractivity (Wildman–Crippen MR) is 101 cm³/mol. The molecule has 3 N–H and O–H groups in total. The van der Waals surface area contributed by atoms with E-state index in [-0.39, 0.29) is 24.4 Å². The molecule has 0 radical (unpaired) electrons. The highest BCUT2D eigenvalue weighted by Gasteiger charge is 2.41. The molecule has 0 amide bonds.